The SMILES string of the molecule is NCCN1CCC[C@H](NCC2CC2)C1. The van der Waals surface area contributed by atoms with Crippen LogP contribution in [0.5, 0.6) is 0 Å². The Hall–Kier alpha value is -0.120. The molecule has 82 valence electrons. The first-order valence-electron chi connectivity index (χ1n) is 6.04. The van der Waals surface area contributed by atoms with Crippen LogP contribution in [0.1, 0.15) is 25.7 Å². The topological polar surface area (TPSA) is 41.3 Å². The van der Waals surface area contributed by atoms with Gasteiger partial charge < -0.3 is 16.0 Å². The van der Waals surface area contributed by atoms with Crippen LogP contribution in [0.15, 0.2) is 0 Å². The zero-order chi connectivity index (χ0) is 9.80. The second-order valence-electron chi connectivity index (χ2n) is 4.78. The van der Waals surface area contributed by atoms with Crippen LogP contribution < -0.4 is 11.1 Å². The molecule has 0 spiro atoms. The van der Waals surface area contributed by atoms with Crippen LogP contribution in [0.4, 0.5) is 0 Å². The minimum atomic E-state index is 0.732. The Labute approximate surface area is 87.0 Å². The van der Waals surface area contributed by atoms with Gasteiger partial charge in [-0.2, -0.15) is 0 Å². The fourth-order valence-electron chi connectivity index (χ4n) is 2.26. The molecule has 3 N–H and O–H groups in total. The predicted molar refractivity (Wildman–Crippen MR) is 59.2 cm³/mol. The number of likely N-dealkylation sites (tertiary alicyclic amines) is 1. The number of rotatable bonds is 5. The summed E-state index contributed by atoms with van der Waals surface area (Å²) in [6.07, 6.45) is 5.59. The third kappa shape index (κ3) is 3.23. The number of hydrogen-bond donors (Lipinski definition) is 2. The molecule has 3 heteroatoms. The zero-order valence-corrected chi connectivity index (χ0v) is 9.04. The van der Waals surface area contributed by atoms with E-state index in [1.165, 1.54) is 45.3 Å². The van der Waals surface area contributed by atoms with Gasteiger partial charge in [0.25, 0.3) is 0 Å². The standard InChI is InChI=1S/C11H23N3/c12-5-7-14-6-1-2-11(9-14)13-8-10-3-4-10/h10-11,13H,1-9,12H2/t11-/m0/s1. The molecule has 0 aromatic heterocycles. The van der Waals surface area contributed by atoms with E-state index < -0.39 is 0 Å². The van der Waals surface area contributed by atoms with Gasteiger partial charge in [-0.25, -0.2) is 0 Å². The van der Waals surface area contributed by atoms with E-state index in [1.807, 2.05) is 0 Å². The number of piperidine rings is 1. The number of nitrogens with one attached hydrogen (secondary N) is 1. The summed E-state index contributed by atoms with van der Waals surface area (Å²) in [6, 6.07) is 0.732. The van der Waals surface area contributed by atoms with Gasteiger partial charge in [-0.15, -0.1) is 0 Å². The lowest BCUT2D eigenvalue weighted by Crippen LogP contribution is -2.47. The summed E-state index contributed by atoms with van der Waals surface area (Å²) in [7, 11) is 0. The van der Waals surface area contributed by atoms with Crippen molar-refractivity contribution in [3.8, 4) is 0 Å². The van der Waals surface area contributed by atoms with Crippen LogP contribution >= 0.6 is 0 Å². The summed E-state index contributed by atoms with van der Waals surface area (Å²) in [5.41, 5.74) is 5.57. The van der Waals surface area contributed by atoms with Gasteiger partial charge in [0.2, 0.25) is 0 Å². The van der Waals surface area contributed by atoms with Crippen molar-refractivity contribution in [2.24, 2.45) is 11.7 Å². The van der Waals surface area contributed by atoms with Crippen molar-refractivity contribution in [2.75, 3.05) is 32.7 Å². The molecule has 0 bridgehead atoms. The molecule has 0 radical (unpaired) electrons. The van der Waals surface area contributed by atoms with Crippen LogP contribution in [0.2, 0.25) is 0 Å². The molecule has 1 heterocycles. The highest BCUT2D eigenvalue weighted by Gasteiger charge is 2.24. The summed E-state index contributed by atoms with van der Waals surface area (Å²) in [5, 5.41) is 3.69. The van der Waals surface area contributed by atoms with Gasteiger partial charge in [-0.1, -0.05) is 0 Å². The maximum absolute atomic E-state index is 5.57. The van der Waals surface area contributed by atoms with Gasteiger partial charge in [0.15, 0.2) is 0 Å². The molecule has 1 atom stereocenters. The first kappa shape index (κ1) is 10.4. The lowest BCUT2D eigenvalue weighted by molar-refractivity contribution is 0.194. The van der Waals surface area contributed by atoms with Gasteiger partial charge >= 0.3 is 0 Å². The van der Waals surface area contributed by atoms with Crippen molar-refractivity contribution >= 4 is 0 Å². The Kier molecular flexibility index (Phi) is 3.79. The number of nitrogens with zero attached hydrogens (tertiary/aromatic N) is 1. The van der Waals surface area contributed by atoms with E-state index in [1.54, 1.807) is 0 Å². The van der Waals surface area contributed by atoms with E-state index >= 15 is 0 Å². The summed E-state index contributed by atoms with van der Waals surface area (Å²) in [5.74, 6) is 1.000. The molecule has 0 amide bonds. The van der Waals surface area contributed by atoms with E-state index in [2.05, 4.69) is 10.2 Å². The molecule has 0 aromatic carbocycles. The second-order valence-corrected chi connectivity index (χ2v) is 4.78. The van der Waals surface area contributed by atoms with Crippen molar-refractivity contribution in [3.05, 3.63) is 0 Å². The number of hydrogen-bond acceptors (Lipinski definition) is 3. The highest BCUT2D eigenvalue weighted by atomic mass is 15.2. The van der Waals surface area contributed by atoms with Gasteiger partial charge in [0.1, 0.15) is 0 Å². The van der Waals surface area contributed by atoms with E-state index in [0.717, 1.165) is 25.0 Å². The average Bonchev–Trinajstić information content (AvgIpc) is 2.99. The van der Waals surface area contributed by atoms with Crippen molar-refractivity contribution < 1.29 is 0 Å². The minimum absolute atomic E-state index is 0.732. The fourth-order valence-corrected chi connectivity index (χ4v) is 2.26. The summed E-state index contributed by atoms with van der Waals surface area (Å²) >= 11 is 0. The highest BCUT2D eigenvalue weighted by molar-refractivity contribution is 4.82. The highest BCUT2D eigenvalue weighted by Crippen LogP contribution is 2.28. The van der Waals surface area contributed by atoms with Crippen molar-refractivity contribution in [1.29, 1.82) is 0 Å². The monoisotopic (exact) mass is 197 g/mol. The normalized spacial score (nSPS) is 29.4. The van der Waals surface area contributed by atoms with Crippen LogP contribution in [0.25, 0.3) is 0 Å². The average molecular weight is 197 g/mol. The van der Waals surface area contributed by atoms with Crippen LogP contribution in [-0.4, -0.2) is 43.7 Å². The van der Waals surface area contributed by atoms with Gasteiger partial charge in [0.05, 0.1) is 0 Å². The van der Waals surface area contributed by atoms with E-state index in [0.29, 0.717) is 0 Å². The van der Waals surface area contributed by atoms with Gasteiger partial charge in [0, 0.05) is 25.7 Å². The molecule has 0 aromatic rings. The molecule has 1 saturated heterocycles. The Balaban J connectivity index is 1.64. The van der Waals surface area contributed by atoms with Gasteiger partial charge in [-0.05, 0) is 44.7 Å². The molecule has 0 unspecified atom stereocenters. The molecule has 1 aliphatic carbocycles. The summed E-state index contributed by atoms with van der Waals surface area (Å²) in [4.78, 5) is 2.49. The van der Waals surface area contributed by atoms with Crippen molar-refractivity contribution in [1.82, 2.24) is 10.2 Å². The molecule has 2 aliphatic rings. The molecule has 3 nitrogen and oxygen atoms in total. The molecule has 2 fully saturated rings. The number of nitrogens with two attached hydrogens (primary N) is 1. The lowest BCUT2D eigenvalue weighted by Gasteiger charge is -2.33. The Morgan fingerprint density at radius 3 is 2.86 bits per heavy atom. The molecule has 1 aliphatic heterocycles. The molecule has 14 heavy (non-hydrogen) atoms. The molecular formula is C11H23N3. The maximum Gasteiger partial charge on any atom is 0.0195 e. The molecule has 2 rings (SSSR count). The second kappa shape index (κ2) is 5.10. The van der Waals surface area contributed by atoms with E-state index in [4.69, 9.17) is 5.73 Å². The van der Waals surface area contributed by atoms with E-state index in [9.17, 15) is 0 Å². The summed E-state index contributed by atoms with van der Waals surface area (Å²) < 4.78 is 0. The third-order valence-corrected chi connectivity index (χ3v) is 3.34. The zero-order valence-electron chi connectivity index (χ0n) is 9.04. The Morgan fingerprint density at radius 1 is 1.29 bits per heavy atom. The Morgan fingerprint density at radius 2 is 2.14 bits per heavy atom. The van der Waals surface area contributed by atoms with E-state index in [-0.39, 0.29) is 0 Å². The smallest absolute Gasteiger partial charge is 0.0195 e. The van der Waals surface area contributed by atoms with Crippen molar-refractivity contribution in [3.63, 3.8) is 0 Å². The quantitative estimate of drug-likeness (QED) is 0.671. The Bertz CT molecular complexity index is 166. The van der Waals surface area contributed by atoms with Crippen molar-refractivity contribution in [2.45, 2.75) is 31.7 Å². The fraction of sp³-hybridized carbons (Fsp3) is 1.00. The minimum Gasteiger partial charge on any atom is -0.329 e. The van der Waals surface area contributed by atoms with Gasteiger partial charge in [-0.3, -0.25) is 0 Å². The van der Waals surface area contributed by atoms with Crippen LogP contribution in [0.3, 0.4) is 0 Å². The molecule has 1 saturated carbocycles. The molecular weight excluding hydrogens is 174 g/mol. The van der Waals surface area contributed by atoms with Crippen LogP contribution in [-0.2, 0) is 0 Å². The van der Waals surface area contributed by atoms with Crippen LogP contribution in [0, 0.1) is 5.92 Å². The lowest BCUT2D eigenvalue weighted by atomic mass is 10.1. The summed E-state index contributed by atoms with van der Waals surface area (Å²) in [6.45, 7) is 5.58. The predicted octanol–water partition coefficient (Wildman–Crippen LogP) is 0.409. The first-order chi connectivity index (χ1) is 6.88. The first-order valence-corrected chi connectivity index (χ1v) is 6.04. The third-order valence-electron chi connectivity index (χ3n) is 3.34. The maximum atomic E-state index is 5.57. The largest absolute Gasteiger partial charge is 0.329 e.